The maximum Gasteiger partial charge on any atom is 0.411 e. The lowest BCUT2D eigenvalue weighted by molar-refractivity contribution is -0.188. The molecule has 1 aliphatic heterocycles. The molecule has 1 aromatic rings. The zero-order valence-electron chi connectivity index (χ0n) is 14.6. The number of nitrogens with zero attached hydrogens (tertiary/aromatic N) is 2. The van der Waals surface area contributed by atoms with E-state index in [4.69, 9.17) is 4.74 Å². The molecule has 3 rings (SSSR count). The number of ether oxygens (including phenoxy) is 1. The number of rotatable bonds is 5. The number of amides is 1. The highest BCUT2D eigenvalue weighted by molar-refractivity contribution is 5.99. The Hall–Kier alpha value is -1.83. The van der Waals surface area contributed by atoms with Crippen molar-refractivity contribution >= 4 is 11.7 Å². The van der Waals surface area contributed by atoms with Gasteiger partial charge in [0.25, 0.3) is 5.91 Å². The quantitative estimate of drug-likeness (QED) is 0.863. The number of nitrogens with one attached hydrogen (secondary N) is 1. The smallest absolute Gasteiger partial charge is 0.369 e. The predicted molar refractivity (Wildman–Crippen MR) is 91.2 cm³/mol. The van der Waals surface area contributed by atoms with Gasteiger partial charge in [0, 0.05) is 25.3 Å². The number of carbonyl (C=O) groups is 1. The van der Waals surface area contributed by atoms with Gasteiger partial charge in [-0.25, -0.2) is 4.98 Å². The number of pyridine rings is 1. The Morgan fingerprint density at radius 2 is 2.04 bits per heavy atom. The van der Waals surface area contributed by atoms with Gasteiger partial charge >= 0.3 is 6.18 Å². The zero-order chi connectivity index (χ0) is 18.6. The summed E-state index contributed by atoms with van der Waals surface area (Å²) in [5.74, 6) is 0.463. The molecular weight excluding hydrogens is 347 g/mol. The van der Waals surface area contributed by atoms with Crippen molar-refractivity contribution in [2.75, 3.05) is 24.6 Å². The second-order valence-corrected chi connectivity index (χ2v) is 6.95. The van der Waals surface area contributed by atoms with Gasteiger partial charge in [0.2, 0.25) is 0 Å². The number of hydrogen-bond acceptors (Lipinski definition) is 4. The van der Waals surface area contributed by atoms with Crippen molar-refractivity contribution in [3.8, 4) is 0 Å². The van der Waals surface area contributed by atoms with Crippen molar-refractivity contribution in [1.82, 2.24) is 10.3 Å². The summed E-state index contributed by atoms with van der Waals surface area (Å²) in [6, 6.07) is 3.29. The maximum absolute atomic E-state index is 12.7. The molecule has 0 aromatic carbocycles. The minimum atomic E-state index is -4.32. The lowest BCUT2D eigenvalue weighted by atomic mass is 9.92. The summed E-state index contributed by atoms with van der Waals surface area (Å²) >= 11 is 0. The minimum Gasteiger partial charge on any atom is -0.369 e. The highest BCUT2D eigenvalue weighted by Gasteiger charge is 2.32. The van der Waals surface area contributed by atoms with E-state index in [9.17, 15) is 18.0 Å². The van der Waals surface area contributed by atoms with Crippen LogP contribution in [0.5, 0.6) is 0 Å². The highest BCUT2D eigenvalue weighted by atomic mass is 19.4. The largest absolute Gasteiger partial charge is 0.411 e. The van der Waals surface area contributed by atoms with Crippen molar-refractivity contribution in [2.45, 2.75) is 56.8 Å². The van der Waals surface area contributed by atoms with Gasteiger partial charge in [0.05, 0.1) is 11.7 Å². The molecule has 2 unspecified atom stereocenters. The molecule has 0 spiro atoms. The van der Waals surface area contributed by atoms with Crippen LogP contribution < -0.4 is 10.2 Å². The molecule has 0 bridgehead atoms. The SMILES string of the molecule is O=C(NC1CCCC(OCC(F)(F)F)C1)c1cccnc1N1CCCC1. The summed E-state index contributed by atoms with van der Waals surface area (Å²) in [4.78, 5) is 19.2. The fraction of sp³-hybridized carbons (Fsp3) is 0.667. The summed E-state index contributed by atoms with van der Waals surface area (Å²) < 4.78 is 41.9. The molecule has 5 nitrogen and oxygen atoms in total. The average molecular weight is 371 g/mol. The molecule has 1 saturated carbocycles. The van der Waals surface area contributed by atoms with Crippen molar-refractivity contribution in [2.24, 2.45) is 0 Å². The van der Waals surface area contributed by atoms with Crippen LogP contribution >= 0.6 is 0 Å². The van der Waals surface area contributed by atoms with Gasteiger partial charge in [-0.05, 0) is 50.7 Å². The molecule has 8 heteroatoms. The van der Waals surface area contributed by atoms with Gasteiger partial charge in [-0.15, -0.1) is 0 Å². The molecule has 2 fully saturated rings. The number of aromatic nitrogens is 1. The lowest BCUT2D eigenvalue weighted by Gasteiger charge is -2.30. The first-order chi connectivity index (χ1) is 12.4. The molecule has 2 atom stereocenters. The van der Waals surface area contributed by atoms with Gasteiger partial charge in [-0.1, -0.05) is 0 Å². The number of anilines is 1. The maximum atomic E-state index is 12.7. The van der Waals surface area contributed by atoms with Gasteiger partial charge in [0.1, 0.15) is 12.4 Å². The van der Waals surface area contributed by atoms with Gasteiger partial charge < -0.3 is 15.0 Å². The van der Waals surface area contributed by atoms with E-state index < -0.39 is 18.9 Å². The van der Waals surface area contributed by atoms with E-state index >= 15 is 0 Å². The fourth-order valence-corrected chi connectivity index (χ4v) is 3.66. The molecule has 2 aliphatic rings. The summed E-state index contributed by atoms with van der Waals surface area (Å²) in [5.41, 5.74) is 0.521. The first-order valence-corrected chi connectivity index (χ1v) is 9.11. The minimum absolute atomic E-state index is 0.180. The van der Waals surface area contributed by atoms with E-state index in [0.29, 0.717) is 24.2 Å². The third-order valence-corrected chi connectivity index (χ3v) is 4.88. The van der Waals surface area contributed by atoms with Crippen LogP contribution in [0.4, 0.5) is 19.0 Å². The first kappa shape index (κ1) is 18.9. The van der Waals surface area contributed by atoms with Crippen LogP contribution in [-0.2, 0) is 4.74 Å². The standard InChI is InChI=1S/C18H24F3N3O2/c19-18(20,21)12-26-14-6-3-5-13(11-14)23-17(25)15-7-4-8-22-16(15)24-9-1-2-10-24/h4,7-8,13-14H,1-3,5-6,9-12H2,(H,23,25). The zero-order valence-corrected chi connectivity index (χ0v) is 14.6. The summed E-state index contributed by atoms with van der Waals surface area (Å²) in [6.07, 6.45) is 1.52. The molecule has 1 aromatic heterocycles. The molecule has 1 N–H and O–H groups in total. The van der Waals surface area contributed by atoms with Crippen molar-refractivity contribution < 1.29 is 22.7 Å². The second-order valence-electron chi connectivity index (χ2n) is 6.95. The summed E-state index contributed by atoms with van der Waals surface area (Å²) in [5, 5.41) is 2.96. The average Bonchev–Trinajstić information content (AvgIpc) is 3.14. The van der Waals surface area contributed by atoms with Crippen LogP contribution in [0, 0.1) is 0 Å². The van der Waals surface area contributed by atoms with Crippen molar-refractivity contribution in [1.29, 1.82) is 0 Å². The Labute approximate surface area is 150 Å². The van der Waals surface area contributed by atoms with E-state index in [1.165, 1.54) is 0 Å². The van der Waals surface area contributed by atoms with Gasteiger partial charge in [-0.3, -0.25) is 4.79 Å². The summed E-state index contributed by atoms with van der Waals surface area (Å²) in [6.45, 7) is 0.530. The number of alkyl halides is 3. The van der Waals surface area contributed by atoms with Crippen LogP contribution in [0.1, 0.15) is 48.9 Å². The van der Waals surface area contributed by atoms with Crippen LogP contribution in [0.2, 0.25) is 0 Å². The van der Waals surface area contributed by atoms with Crippen LogP contribution in [0.25, 0.3) is 0 Å². The third-order valence-electron chi connectivity index (χ3n) is 4.88. The van der Waals surface area contributed by atoms with Gasteiger partial charge in [-0.2, -0.15) is 13.2 Å². The van der Waals surface area contributed by atoms with E-state index in [0.717, 1.165) is 38.8 Å². The Kier molecular flexibility index (Phi) is 6.01. The Bertz CT molecular complexity index is 618. The van der Waals surface area contributed by atoms with E-state index in [2.05, 4.69) is 15.2 Å². The first-order valence-electron chi connectivity index (χ1n) is 9.11. The lowest BCUT2D eigenvalue weighted by Crippen LogP contribution is -2.41. The fourth-order valence-electron chi connectivity index (χ4n) is 3.66. The molecular formula is C18H24F3N3O2. The normalized spacial score (nSPS) is 23.9. The summed E-state index contributed by atoms with van der Waals surface area (Å²) in [7, 11) is 0. The second kappa shape index (κ2) is 8.24. The molecule has 2 heterocycles. The van der Waals surface area contributed by atoms with E-state index in [-0.39, 0.29) is 11.9 Å². The topological polar surface area (TPSA) is 54.5 Å². The molecule has 26 heavy (non-hydrogen) atoms. The Morgan fingerprint density at radius 3 is 2.77 bits per heavy atom. The number of hydrogen-bond donors (Lipinski definition) is 1. The third kappa shape index (κ3) is 5.09. The molecule has 144 valence electrons. The highest BCUT2D eigenvalue weighted by Crippen LogP contribution is 2.26. The molecule has 1 amide bonds. The number of halogens is 3. The Morgan fingerprint density at radius 1 is 1.27 bits per heavy atom. The van der Waals surface area contributed by atoms with E-state index in [1.54, 1.807) is 18.3 Å². The van der Waals surface area contributed by atoms with Crippen molar-refractivity contribution in [3.63, 3.8) is 0 Å². The van der Waals surface area contributed by atoms with E-state index in [1.807, 2.05) is 0 Å². The van der Waals surface area contributed by atoms with Crippen molar-refractivity contribution in [3.05, 3.63) is 23.9 Å². The van der Waals surface area contributed by atoms with Crippen LogP contribution in [0.15, 0.2) is 18.3 Å². The number of carbonyl (C=O) groups excluding carboxylic acids is 1. The monoisotopic (exact) mass is 371 g/mol. The predicted octanol–water partition coefficient (Wildman–Crippen LogP) is 3.30. The van der Waals surface area contributed by atoms with Gasteiger partial charge in [0.15, 0.2) is 0 Å². The molecule has 1 saturated heterocycles. The van der Waals surface area contributed by atoms with Crippen LogP contribution in [-0.4, -0.2) is 48.9 Å². The Balaban J connectivity index is 1.59. The molecule has 0 radical (unpaired) electrons. The molecule has 1 aliphatic carbocycles. The van der Waals surface area contributed by atoms with Crippen LogP contribution in [0.3, 0.4) is 0 Å².